The number of aromatic nitrogens is 2. The summed E-state index contributed by atoms with van der Waals surface area (Å²) in [6.07, 6.45) is 1.52. The molecule has 0 unspecified atom stereocenters. The van der Waals surface area contributed by atoms with Gasteiger partial charge in [0.2, 0.25) is 5.95 Å². The Hall–Kier alpha value is -3.55. The molecule has 1 heterocycles. The van der Waals surface area contributed by atoms with E-state index in [-0.39, 0.29) is 0 Å². The summed E-state index contributed by atoms with van der Waals surface area (Å²) in [6, 6.07) is 11.7. The molecule has 3 aromatic rings. The van der Waals surface area contributed by atoms with Gasteiger partial charge in [0.15, 0.2) is 11.6 Å². The van der Waals surface area contributed by atoms with E-state index >= 15 is 0 Å². The molecule has 0 fully saturated rings. The number of rotatable bonds is 6. The Kier molecular flexibility index (Phi) is 5.55. The molecule has 0 saturated heterocycles. The fourth-order valence-corrected chi connectivity index (χ4v) is 2.24. The highest BCUT2D eigenvalue weighted by Crippen LogP contribution is 2.20. The summed E-state index contributed by atoms with van der Waals surface area (Å²) in [5, 5.41) is 5.88. The first-order valence-electron chi connectivity index (χ1n) is 8.14. The number of esters is 1. The van der Waals surface area contributed by atoms with E-state index in [4.69, 9.17) is 4.74 Å². The summed E-state index contributed by atoms with van der Waals surface area (Å²) in [5.74, 6) is -1.56. The minimum absolute atomic E-state index is 0.298. The Balaban J connectivity index is 1.70. The Morgan fingerprint density at radius 1 is 1.00 bits per heavy atom. The highest BCUT2D eigenvalue weighted by atomic mass is 19.2. The number of ether oxygens (including phenoxy) is 1. The third-order valence-corrected chi connectivity index (χ3v) is 3.50. The lowest BCUT2D eigenvalue weighted by Crippen LogP contribution is -2.05. The predicted molar refractivity (Wildman–Crippen MR) is 97.4 cm³/mol. The largest absolute Gasteiger partial charge is 0.462 e. The first-order valence-corrected chi connectivity index (χ1v) is 8.14. The van der Waals surface area contributed by atoms with Crippen molar-refractivity contribution >= 4 is 29.1 Å². The average molecular weight is 370 g/mol. The van der Waals surface area contributed by atoms with Crippen LogP contribution in [0, 0.1) is 11.6 Å². The topological polar surface area (TPSA) is 76.1 Å². The van der Waals surface area contributed by atoms with E-state index in [2.05, 4.69) is 20.6 Å². The van der Waals surface area contributed by atoms with E-state index in [0.29, 0.717) is 35.3 Å². The van der Waals surface area contributed by atoms with Gasteiger partial charge in [-0.15, -0.1) is 0 Å². The third kappa shape index (κ3) is 4.75. The van der Waals surface area contributed by atoms with E-state index in [0.717, 1.165) is 12.1 Å². The van der Waals surface area contributed by atoms with Crippen molar-refractivity contribution in [3.63, 3.8) is 0 Å². The first-order chi connectivity index (χ1) is 13.0. The van der Waals surface area contributed by atoms with Crippen LogP contribution < -0.4 is 10.6 Å². The number of hydrogen-bond acceptors (Lipinski definition) is 6. The van der Waals surface area contributed by atoms with Gasteiger partial charge in [0.25, 0.3) is 0 Å². The summed E-state index contributed by atoms with van der Waals surface area (Å²) >= 11 is 0. The Labute approximate surface area is 154 Å². The fourth-order valence-electron chi connectivity index (χ4n) is 2.24. The Bertz CT molecular complexity index is 949. The molecule has 0 amide bonds. The van der Waals surface area contributed by atoms with E-state index in [1.807, 2.05) is 0 Å². The maximum absolute atomic E-state index is 13.3. The molecule has 1 aromatic heterocycles. The molecule has 0 bridgehead atoms. The quantitative estimate of drug-likeness (QED) is 0.626. The zero-order valence-electron chi connectivity index (χ0n) is 14.4. The van der Waals surface area contributed by atoms with Crippen LogP contribution in [-0.2, 0) is 4.74 Å². The van der Waals surface area contributed by atoms with Crippen LogP contribution in [0.15, 0.2) is 54.7 Å². The van der Waals surface area contributed by atoms with Crippen LogP contribution in [0.1, 0.15) is 17.3 Å². The number of nitrogens with one attached hydrogen (secondary N) is 2. The zero-order valence-corrected chi connectivity index (χ0v) is 14.4. The summed E-state index contributed by atoms with van der Waals surface area (Å²) in [5.41, 5.74) is 1.47. The highest BCUT2D eigenvalue weighted by molar-refractivity contribution is 5.89. The number of carbonyl (C=O) groups is 1. The second-order valence-electron chi connectivity index (χ2n) is 5.44. The van der Waals surface area contributed by atoms with Gasteiger partial charge in [0.05, 0.1) is 12.2 Å². The minimum atomic E-state index is -0.950. The van der Waals surface area contributed by atoms with Crippen molar-refractivity contribution in [2.75, 3.05) is 17.2 Å². The van der Waals surface area contributed by atoms with Gasteiger partial charge in [0.1, 0.15) is 5.82 Å². The molecule has 0 aliphatic heterocycles. The fraction of sp³-hybridized carbons (Fsp3) is 0.105. The van der Waals surface area contributed by atoms with Crippen molar-refractivity contribution in [3.8, 4) is 0 Å². The summed E-state index contributed by atoms with van der Waals surface area (Å²) in [6.45, 7) is 2.05. The molecule has 0 radical (unpaired) electrons. The smallest absolute Gasteiger partial charge is 0.338 e. The third-order valence-electron chi connectivity index (χ3n) is 3.50. The predicted octanol–water partition coefficient (Wildman–Crippen LogP) is 4.42. The van der Waals surface area contributed by atoms with Gasteiger partial charge in [-0.2, -0.15) is 4.98 Å². The molecule has 138 valence electrons. The number of benzene rings is 2. The first kappa shape index (κ1) is 18.2. The van der Waals surface area contributed by atoms with Crippen molar-refractivity contribution in [1.82, 2.24) is 9.97 Å². The summed E-state index contributed by atoms with van der Waals surface area (Å²) in [4.78, 5) is 20.0. The van der Waals surface area contributed by atoms with Crippen LogP contribution in [0.3, 0.4) is 0 Å². The van der Waals surface area contributed by atoms with Gasteiger partial charge >= 0.3 is 5.97 Å². The average Bonchev–Trinajstić information content (AvgIpc) is 2.66. The molecule has 2 N–H and O–H groups in total. The molecule has 6 nitrogen and oxygen atoms in total. The lowest BCUT2D eigenvalue weighted by atomic mass is 10.2. The normalized spacial score (nSPS) is 10.3. The van der Waals surface area contributed by atoms with Gasteiger partial charge in [-0.3, -0.25) is 0 Å². The molecule has 0 atom stereocenters. The molecule has 3 rings (SSSR count). The second-order valence-corrected chi connectivity index (χ2v) is 5.44. The molecular formula is C19H16F2N4O2. The SMILES string of the molecule is CCOC(=O)c1ccc(Nc2nccc(Nc3ccc(F)c(F)c3)n2)cc1. The molecule has 0 aliphatic rings. The van der Waals surface area contributed by atoms with E-state index < -0.39 is 17.6 Å². The van der Waals surface area contributed by atoms with Gasteiger partial charge in [-0.1, -0.05) is 0 Å². The number of nitrogens with zero attached hydrogens (tertiary/aromatic N) is 2. The van der Waals surface area contributed by atoms with Crippen molar-refractivity contribution < 1.29 is 18.3 Å². The van der Waals surface area contributed by atoms with Gasteiger partial charge in [-0.25, -0.2) is 18.6 Å². The van der Waals surface area contributed by atoms with Crippen molar-refractivity contribution in [3.05, 3.63) is 71.9 Å². The van der Waals surface area contributed by atoms with Gasteiger partial charge < -0.3 is 15.4 Å². The van der Waals surface area contributed by atoms with Crippen LogP contribution >= 0.6 is 0 Å². The zero-order chi connectivity index (χ0) is 19.2. The molecule has 27 heavy (non-hydrogen) atoms. The molecular weight excluding hydrogens is 354 g/mol. The molecule has 0 spiro atoms. The van der Waals surface area contributed by atoms with E-state index in [1.54, 1.807) is 37.3 Å². The van der Waals surface area contributed by atoms with Crippen molar-refractivity contribution in [2.24, 2.45) is 0 Å². The monoisotopic (exact) mass is 370 g/mol. The van der Waals surface area contributed by atoms with Crippen LogP contribution in [0.2, 0.25) is 0 Å². The minimum Gasteiger partial charge on any atom is -0.462 e. The summed E-state index contributed by atoms with van der Waals surface area (Å²) < 4.78 is 31.2. The van der Waals surface area contributed by atoms with Crippen LogP contribution in [0.4, 0.5) is 31.9 Å². The maximum Gasteiger partial charge on any atom is 0.338 e. The van der Waals surface area contributed by atoms with Gasteiger partial charge in [0, 0.05) is 23.6 Å². The highest BCUT2D eigenvalue weighted by Gasteiger charge is 2.07. The summed E-state index contributed by atoms with van der Waals surface area (Å²) in [7, 11) is 0. The van der Waals surface area contributed by atoms with E-state index in [9.17, 15) is 13.6 Å². The Morgan fingerprint density at radius 2 is 1.74 bits per heavy atom. The lowest BCUT2D eigenvalue weighted by molar-refractivity contribution is 0.0526. The number of anilines is 4. The van der Waals surface area contributed by atoms with Crippen molar-refractivity contribution in [2.45, 2.75) is 6.92 Å². The van der Waals surface area contributed by atoms with Crippen LogP contribution in [0.25, 0.3) is 0 Å². The molecule has 8 heteroatoms. The number of halogens is 2. The van der Waals surface area contributed by atoms with Crippen LogP contribution in [0.5, 0.6) is 0 Å². The van der Waals surface area contributed by atoms with E-state index in [1.165, 1.54) is 12.3 Å². The van der Waals surface area contributed by atoms with Crippen LogP contribution in [-0.4, -0.2) is 22.5 Å². The lowest BCUT2D eigenvalue weighted by Gasteiger charge is -2.09. The molecule has 2 aromatic carbocycles. The second kappa shape index (κ2) is 8.22. The molecule has 0 saturated carbocycles. The standard InChI is InChI=1S/C19H16F2N4O2/c1-2-27-18(26)12-3-5-13(6-4-12)24-19-22-10-9-17(25-19)23-14-7-8-15(20)16(21)11-14/h3-11H,2H2,1H3,(H2,22,23,24,25). The Morgan fingerprint density at radius 3 is 2.44 bits per heavy atom. The molecule has 0 aliphatic carbocycles. The maximum atomic E-state index is 13.3. The van der Waals surface area contributed by atoms with Crippen molar-refractivity contribution in [1.29, 1.82) is 0 Å². The number of carbonyl (C=O) groups excluding carboxylic acids is 1. The van der Waals surface area contributed by atoms with Gasteiger partial charge in [-0.05, 0) is 49.4 Å². The number of hydrogen-bond donors (Lipinski definition) is 2.